The molecule has 0 saturated heterocycles. The van der Waals surface area contributed by atoms with Gasteiger partial charge >= 0.3 is 0 Å². The van der Waals surface area contributed by atoms with E-state index in [1.54, 1.807) is 13.3 Å². The number of methoxy groups -OCH3 is 1. The number of pyridine rings is 1. The van der Waals surface area contributed by atoms with Crippen molar-refractivity contribution in [2.75, 3.05) is 13.7 Å². The summed E-state index contributed by atoms with van der Waals surface area (Å²) in [5, 5.41) is 9.77. The van der Waals surface area contributed by atoms with Crippen molar-refractivity contribution in [3.63, 3.8) is 0 Å². The monoisotopic (exact) mass is 257 g/mol. The number of nitrogens with zero attached hydrogens (tertiary/aromatic N) is 1. The van der Waals surface area contributed by atoms with Crippen LogP contribution in [-0.2, 0) is 11.8 Å². The zero-order chi connectivity index (χ0) is 13.7. The first kappa shape index (κ1) is 13.6. The van der Waals surface area contributed by atoms with Crippen LogP contribution in [0.25, 0.3) is 0 Å². The van der Waals surface area contributed by atoms with Crippen LogP contribution in [0.2, 0.25) is 0 Å². The molecule has 0 aliphatic rings. The minimum absolute atomic E-state index is 0.0793. The molecule has 2 rings (SSSR count). The smallest absolute Gasteiger partial charge is 0.118 e. The van der Waals surface area contributed by atoms with Crippen LogP contribution in [-0.4, -0.2) is 23.8 Å². The Hall–Kier alpha value is -1.87. The summed E-state index contributed by atoms with van der Waals surface area (Å²) in [6.45, 7) is 2.12. The maximum Gasteiger partial charge on any atom is 0.118 e. The summed E-state index contributed by atoms with van der Waals surface area (Å²) in [5.74, 6) is 0.821. The van der Waals surface area contributed by atoms with Gasteiger partial charge in [-0.15, -0.1) is 0 Å². The van der Waals surface area contributed by atoms with E-state index in [4.69, 9.17) is 4.74 Å². The minimum atomic E-state index is -0.333. The van der Waals surface area contributed by atoms with Gasteiger partial charge in [0.1, 0.15) is 5.75 Å². The highest BCUT2D eigenvalue weighted by Gasteiger charge is 2.26. The molecule has 1 aromatic carbocycles. The van der Waals surface area contributed by atoms with Crippen molar-refractivity contribution in [3.05, 3.63) is 59.9 Å². The molecule has 3 nitrogen and oxygen atoms in total. The molecular formula is C16H19NO2. The molecule has 1 unspecified atom stereocenters. The maximum absolute atomic E-state index is 9.77. The van der Waals surface area contributed by atoms with Crippen molar-refractivity contribution in [2.45, 2.75) is 18.8 Å². The summed E-state index contributed by atoms with van der Waals surface area (Å²) in [6.07, 6.45) is 2.48. The summed E-state index contributed by atoms with van der Waals surface area (Å²) in [4.78, 5) is 4.34. The number of aliphatic hydroxyl groups is 1. The highest BCUT2D eigenvalue weighted by Crippen LogP contribution is 2.28. The molecular weight excluding hydrogens is 238 g/mol. The average Bonchev–Trinajstić information content (AvgIpc) is 2.48. The molecule has 1 atom stereocenters. The van der Waals surface area contributed by atoms with Crippen LogP contribution < -0.4 is 4.74 Å². The first-order valence-corrected chi connectivity index (χ1v) is 6.33. The zero-order valence-electron chi connectivity index (χ0n) is 11.3. The lowest BCUT2D eigenvalue weighted by Gasteiger charge is -2.27. The van der Waals surface area contributed by atoms with Crippen molar-refractivity contribution in [2.24, 2.45) is 0 Å². The standard InChI is InChI=1S/C16H19NO2/c1-16(12-18,11-14-5-3-4-10-17-14)13-6-8-15(19-2)9-7-13/h3-10,18H,11-12H2,1-2H3. The second-order valence-electron chi connectivity index (χ2n) is 4.95. The van der Waals surface area contributed by atoms with Crippen LogP contribution in [0.4, 0.5) is 0 Å². The van der Waals surface area contributed by atoms with E-state index in [1.807, 2.05) is 49.4 Å². The van der Waals surface area contributed by atoms with Gasteiger partial charge < -0.3 is 9.84 Å². The molecule has 1 N–H and O–H groups in total. The molecule has 0 spiro atoms. The number of hydrogen-bond acceptors (Lipinski definition) is 3. The SMILES string of the molecule is COc1ccc(C(C)(CO)Cc2ccccn2)cc1. The summed E-state index contributed by atoms with van der Waals surface area (Å²) >= 11 is 0. The van der Waals surface area contributed by atoms with Crippen LogP contribution in [0.1, 0.15) is 18.2 Å². The van der Waals surface area contributed by atoms with Gasteiger partial charge in [0.2, 0.25) is 0 Å². The van der Waals surface area contributed by atoms with Crippen LogP contribution in [0, 0.1) is 0 Å². The molecule has 0 fully saturated rings. The lowest BCUT2D eigenvalue weighted by molar-refractivity contribution is 0.203. The molecule has 3 heteroatoms. The minimum Gasteiger partial charge on any atom is -0.497 e. The van der Waals surface area contributed by atoms with Gasteiger partial charge in [0, 0.05) is 23.7 Å². The quantitative estimate of drug-likeness (QED) is 0.895. The van der Waals surface area contributed by atoms with Crippen molar-refractivity contribution < 1.29 is 9.84 Å². The van der Waals surface area contributed by atoms with Crippen molar-refractivity contribution in [1.82, 2.24) is 4.98 Å². The largest absolute Gasteiger partial charge is 0.497 e. The Morgan fingerprint density at radius 1 is 1.16 bits per heavy atom. The second kappa shape index (κ2) is 5.85. The Labute approximate surface area is 113 Å². The predicted molar refractivity (Wildman–Crippen MR) is 75.4 cm³/mol. The van der Waals surface area contributed by atoms with Gasteiger partial charge in [-0.2, -0.15) is 0 Å². The van der Waals surface area contributed by atoms with E-state index in [1.165, 1.54) is 0 Å². The number of aromatic nitrogens is 1. The number of benzene rings is 1. The number of hydrogen-bond donors (Lipinski definition) is 1. The summed E-state index contributed by atoms with van der Waals surface area (Å²) in [7, 11) is 1.65. The van der Waals surface area contributed by atoms with E-state index in [9.17, 15) is 5.11 Å². The Morgan fingerprint density at radius 3 is 2.42 bits per heavy atom. The van der Waals surface area contributed by atoms with Gasteiger partial charge in [-0.3, -0.25) is 4.98 Å². The van der Waals surface area contributed by atoms with Gasteiger partial charge in [-0.1, -0.05) is 25.1 Å². The lowest BCUT2D eigenvalue weighted by Crippen LogP contribution is -2.29. The van der Waals surface area contributed by atoms with E-state index in [0.717, 1.165) is 17.0 Å². The molecule has 0 radical (unpaired) electrons. The van der Waals surface area contributed by atoms with E-state index >= 15 is 0 Å². The van der Waals surface area contributed by atoms with Crippen molar-refractivity contribution in [3.8, 4) is 5.75 Å². The van der Waals surface area contributed by atoms with Crippen LogP contribution in [0.3, 0.4) is 0 Å². The molecule has 2 aromatic rings. The first-order chi connectivity index (χ1) is 9.18. The normalized spacial score (nSPS) is 13.8. The van der Waals surface area contributed by atoms with Crippen LogP contribution in [0.15, 0.2) is 48.7 Å². The molecule has 0 saturated carbocycles. The maximum atomic E-state index is 9.77. The second-order valence-corrected chi connectivity index (χ2v) is 4.95. The topological polar surface area (TPSA) is 42.4 Å². The van der Waals surface area contributed by atoms with Gasteiger partial charge in [0.25, 0.3) is 0 Å². The fraction of sp³-hybridized carbons (Fsp3) is 0.312. The Kier molecular flexibility index (Phi) is 4.17. The highest BCUT2D eigenvalue weighted by molar-refractivity contribution is 5.33. The van der Waals surface area contributed by atoms with E-state index in [2.05, 4.69) is 4.98 Å². The van der Waals surface area contributed by atoms with E-state index in [0.29, 0.717) is 6.42 Å². The molecule has 1 aromatic heterocycles. The molecule has 0 amide bonds. The Bertz CT molecular complexity index is 510. The Balaban J connectivity index is 2.25. The third-order valence-electron chi connectivity index (χ3n) is 3.43. The van der Waals surface area contributed by atoms with Crippen LogP contribution in [0.5, 0.6) is 5.75 Å². The number of ether oxygens (including phenoxy) is 1. The van der Waals surface area contributed by atoms with Gasteiger partial charge in [-0.05, 0) is 29.8 Å². The van der Waals surface area contributed by atoms with Gasteiger partial charge in [-0.25, -0.2) is 0 Å². The molecule has 100 valence electrons. The number of aliphatic hydroxyl groups excluding tert-OH is 1. The molecule has 0 aliphatic heterocycles. The summed E-state index contributed by atoms with van der Waals surface area (Å²) in [5.41, 5.74) is 1.73. The molecule has 19 heavy (non-hydrogen) atoms. The van der Waals surface area contributed by atoms with Gasteiger partial charge in [0.15, 0.2) is 0 Å². The molecule has 0 aliphatic carbocycles. The lowest BCUT2D eigenvalue weighted by atomic mass is 9.79. The molecule has 0 bridgehead atoms. The van der Waals surface area contributed by atoms with Crippen LogP contribution >= 0.6 is 0 Å². The fourth-order valence-corrected chi connectivity index (χ4v) is 2.15. The highest BCUT2D eigenvalue weighted by atomic mass is 16.5. The summed E-state index contributed by atoms with van der Waals surface area (Å²) < 4.78 is 5.16. The third-order valence-corrected chi connectivity index (χ3v) is 3.43. The number of rotatable bonds is 5. The van der Waals surface area contributed by atoms with Gasteiger partial charge in [0.05, 0.1) is 13.7 Å². The third kappa shape index (κ3) is 3.12. The van der Waals surface area contributed by atoms with E-state index in [-0.39, 0.29) is 12.0 Å². The Morgan fingerprint density at radius 2 is 1.89 bits per heavy atom. The van der Waals surface area contributed by atoms with Crippen molar-refractivity contribution in [1.29, 1.82) is 0 Å². The zero-order valence-corrected chi connectivity index (χ0v) is 11.3. The van der Waals surface area contributed by atoms with E-state index < -0.39 is 0 Å². The van der Waals surface area contributed by atoms with Crippen molar-refractivity contribution >= 4 is 0 Å². The average molecular weight is 257 g/mol. The first-order valence-electron chi connectivity index (χ1n) is 6.33. The fourth-order valence-electron chi connectivity index (χ4n) is 2.15. The predicted octanol–water partition coefficient (Wildman–Crippen LogP) is 2.58. The summed E-state index contributed by atoms with van der Waals surface area (Å²) in [6, 6.07) is 13.7. The molecule has 1 heterocycles.